The van der Waals surface area contributed by atoms with Gasteiger partial charge in [-0.15, -0.1) is 5.10 Å². The maximum atomic E-state index is 13.0. The van der Waals surface area contributed by atoms with Gasteiger partial charge in [-0.2, -0.15) is 0 Å². The second-order valence-corrected chi connectivity index (χ2v) is 9.42. The van der Waals surface area contributed by atoms with E-state index in [4.69, 9.17) is 0 Å². The van der Waals surface area contributed by atoms with Crippen molar-refractivity contribution in [2.45, 2.75) is 63.5 Å². The highest BCUT2D eigenvalue weighted by molar-refractivity contribution is 7.10. The molecule has 2 aromatic rings. The highest BCUT2D eigenvalue weighted by Gasteiger charge is 2.36. The summed E-state index contributed by atoms with van der Waals surface area (Å²) < 4.78 is 6.05. The number of rotatable bonds is 3. The number of nitrogens with one attached hydrogen (secondary N) is 1. The standard InChI is InChI=1S/C21H27N5O2S/c27-18-9-5-8-17-15-10-14(12-26(17)18)11-25(13-15)21-19(23-24-29-21)20(28)22-16-6-3-1-2-4-7-16/h5,8-9,14-16H,1-4,6-7,10-13H2,(H,22,28)/t14-,15+/m0/s1. The molecule has 1 saturated heterocycles. The van der Waals surface area contributed by atoms with Crippen molar-refractivity contribution in [1.29, 1.82) is 0 Å². The Kier molecular flexibility index (Phi) is 5.11. The zero-order valence-electron chi connectivity index (χ0n) is 16.5. The minimum absolute atomic E-state index is 0.0898. The fourth-order valence-corrected chi connectivity index (χ4v) is 5.96. The number of aromatic nitrogens is 3. The number of carbonyl (C=O) groups excluding carboxylic acids is 1. The quantitative estimate of drug-likeness (QED) is 0.783. The van der Waals surface area contributed by atoms with Gasteiger partial charge in [-0.25, -0.2) is 0 Å². The van der Waals surface area contributed by atoms with Crippen LogP contribution in [0.25, 0.3) is 0 Å². The summed E-state index contributed by atoms with van der Waals surface area (Å²) in [6.45, 7) is 2.39. The lowest BCUT2D eigenvalue weighted by molar-refractivity contribution is 0.0928. The van der Waals surface area contributed by atoms with Crippen LogP contribution >= 0.6 is 11.5 Å². The number of hydrogen-bond acceptors (Lipinski definition) is 6. The summed E-state index contributed by atoms with van der Waals surface area (Å²) in [7, 11) is 0. The fourth-order valence-electron chi connectivity index (χ4n) is 5.28. The normalized spacial score (nSPS) is 24.6. The van der Waals surface area contributed by atoms with Gasteiger partial charge in [0.05, 0.1) is 0 Å². The van der Waals surface area contributed by atoms with Gasteiger partial charge in [0.15, 0.2) is 5.69 Å². The molecule has 1 aliphatic carbocycles. The summed E-state index contributed by atoms with van der Waals surface area (Å²) in [5, 5.41) is 8.27. The molecular formula is C21H27N5O2S. The molecule has 0 spiro atoms. The van der Waals surface area contributed by atoms with Gasteiger partial charge in [0.2, 0.25) is 0 Å². The van der Waals surface area contributed by atoms with E-state index < -0.39 is 0 Å². The van der Waals surface area contributed by atoms with Crippen molar-refractivity contribution in [3.05, 3.63) is 39.9 Å². The summed E-state index contributed by atoms with van der Waals surface area (Å²) in [5.74, 6) is 0.616. The van der Waals surface area contributed by atoms with Crippen LogP contribution < -0.4 is 15.8 Å². The molecule has 1 N–H and O–H groups in total. The highest BCUT2D eigenvalue weighted by Crippen LogP contribution is 2.38. The van der Waals surface area contributed by atoms with Crippen LogP contribution in [0, 0.1) is 5.92 Å². The molecule has 2 aromatic heterocycles. The first-order chi connectivity index (χ1) is 14.2. The van der Waals surface area contributed by atoms with Crippen molar-refractivity contribution in [3.63, 3.8) is 0 Å². The highest BCUT2D eigenvalue weighted by atomic mass is 32.1. The van der Waals surface area contributed by atoms with Crippen LogP contribution in [0.2, 0.25) is 0 Å². The number of piperidine rings is 1. The summed E-state index contributed by atoms with van der Waals surface area (Å²) in [5.41, 5.74) is 1.67. The number of pyridine rings is 1. The van der Waals surface area contributed by atoms with Gasteiger partial charge in [0.1, 0.15) is 5.00 Å². The second-order valence-electron chi connectivity index (χ2n) is 8.69. The van der Waals surface area contributed by atoms with E-state index >= 15 is 0 Å². The maximum absolute atomic E-state index is 13.0. The molecule has 1 amide bonds. The summed E-state index contributed by atoms with van der Waals surface area (Å²) in [6, 6.07) is 5.81. The number of hydrogen-bond donors (Lipinski definition) is 1. The van der Waals surface area contributed by atoms with E-state index in [9.17, 15) is 9.59 Å². The van der Waals surface area contributed by atoms with Gasteiger partial charge < -0.3 is 14.8 Å². The molecular weight excluding hydrogens is 386 g/mol. The number of anilines is 1. The van der Waals surface area contributed by atoms with Crippen molar-refractivity contribution < 1.29 is 4.79 Å². The number of amides is 1. The first-order valence-corrected chi connectivity index (χ1v) is 11.5. The predicted octanol–water partition coefficient (Wildman–Crippen LogP) is 2.78. The van der Waals surface area contributed by atoms with Crippen LogP contribution in [0.5, 0.6) is 0 Å². The Bertz CT molecular complexity index is 947. The van der Waals surface area contributed by atoms with Crippen LogP contribution in [0.15, 0.2) is 23.0 Å². The van der Waals surface area contributed by atoms with E-state index in [0.29, 0.717) is 17.5 Å². The number of fused-ring (bicyclic) bond motifs is 4. The molecule has 29 heavy (non-hydrogen) atoms. The van der Waals surface area contributed by atoms with Gasteiger partial charge >= 0.3 is 0 Å². The van der Waals surface area contributed by atoms with Gasteiger partial charge in [-0.3, -0.25) is 9.59 Å². The zero-order chi connectivity index (χ0) is 19.8. The smallest absolute Gasteiger partial charge is 0.275 e. The summed E-state index contributed by atoms with van der Waals surface area (Å²) >= 11 is 1.31. The number of carbonyl (C=O) groups is 1. The van der Waals surface area contributed by atoms with Gasteiger partial charge in [-0.05, 0) is 31.2 Å². The number of nitrogens with zero attached hydrogens (tertiary/aromatic N) is 4. The topological polar surface area (TPSA) is 80.1 Å². The molecule has 154 valence electrons. The Hall–Kier alpha value is -2.22. The molecule has 0 unspecified atom stereocenters. The largest absolute Gasteiger partial charge is 0.359 e. The molecule has 7 nitrogen and oxygen atoms in total. The zero-order valence-corrected chi connectivity index (χ0v) is 17.4. The van der Waals surface area contributed by atoms with E-state index in [2.05, 4.69) is 25.9 Å². The maximum Gasteiger partial charge on any atom is 0.275 e. The van der Waals surface area contributed by atoms with Crippen molar-refractivity contribution in [2.24, 2.45) is 5.92 Å². The first-order valence-electron chi connectivity index (χ1n) is 10.8. The Morgan fingerprint density at radius 3 is 2.76 bits per heavy atom. The van der Waals surface area contributed by atoms with Crippen molar-refractivity contribution in [1.82, 2.24) is 19.5 Å². The van der Waals surface area contributed by atoms with E-state index in [0.717, 1.165) is 49.6 Å². The van der Waals surface area contributed by atoms with Crippen molar-refractivity contribution in [3.8, 4) is 0 Å². The minimum Gasteiger partial charge on any atom is -0.359 e. The monoisotopic (exact) mass is 413 g/mol. The first kappa shape index (κ1) is 18.8. The average Bonchev–Trinajstić information content (AvgIpc) is 3.08. The molecule has 0 aromatic carbocycles. The van der Waals surface area contributed by atoms with Gasteiger partial charge in [0.25, 0.3) is 11.5 Å². The molecule has 3 aliphatic rings. The Labute approximate surface area is 174 Å². The minimum atomic E-state index is -0.0898. The van der Waals surface area contributed by atoms with Crippen LogP contribution in [0.1, 0.15) is 67.0 Å². The molecule has 2 aliphatic heterocycles. The fraction of sp³-hybridized carbons (Fsp3) is 0.619. The molecule has 0 radical (unpaired) electrons. The average molecular weight is 414 g/mol. The predicted molar refractivity (Wildman–Crippen MR) is 113 cm³/mol. The molecule has 1 saturated carbocycles. The van der Waals surface area contributed by atoms with Crippen LogP contribution in [0.3, 0.4) is 0 Å². The van der Waals surface area contributed by atoms with E-state index in [1.807, 2.05) is 10.6 Å². The third-order valence-electron chi connectivity index (χ3n) is 6.64. The Morgan fingerprint density at radius 2 is 1.93 bits per heavy atom. The van der Waals surface area contributed by atoms with Gasteiger partial charge in [-0.1, -0.05) is 36.2 Å². The Balaban J connectivity index is 1.35. The third-order valence-corrected chi connectivity index (χ3v) is 7.43. The lowest BCUT2D eigenvalue weighted by Crippen LogP contribution is -2.47. The lowest BCUT2D eigenvalue weighted by atomic mass is 9.83. The van der Waals surface area contributed by atoms with Crippen molar-refractivity contribution >= 4 is 22.4 Å². The molecule has 5 rings (SSSR count). The van der Waals surface area contributed by atoms with E-state index in [1.54, 1.807) is 6.07 Å². The molecule has 2 bridgehead atoms. The molecule has 2 fully saturated rings. The lowest BCUT2D eigenvalue weighted by Gasteiger charge is -2.43. The third kappa shape index (κ3) is 3.70. The van der Waals surface area contributed by atoms with Gasteiger partial charge in [0, 0.05) is 54.9 Å². The summed E-state index contributed by atoms with van der Waals surface area (Å²) in [6.07, 6.45) is 8.09. The van der Waals surface area contributed by atoms with Crippen LogP contribution in [0.4, 0.5) is 5.00 Å². The van der Waals surface area contributed by atoms with E-state index in [1.165, 1.54) is 37.2 Å². The van der Waals surface area contributed by atoms with E-state index in [-0.39, 0.29) is 17.5 Å². The SMILES string of the molecule is O=C(NC1CCCCCC1)c1nnsc1N1C[C@@H]2C[C@H](C1)c1cccc(=O)n1C2. The second kappa shape index (κ2) is 7.89. The van der Waals surface area contributed by atoms with Crippen LogP contribution in [-0.4, -0.2) is 39.2 Å². The summed E-state index contributed by atoms with van der Waals surface area (Å²) in [4.78, 5) is 27.5. The molecule has 8 heteroatoms. The molecule has 4 heterocycles. The molecule has 2 atom stereocenters. The van der Waals surface area contributed by atoms with Crippen molar-refractivity contribution in [2.75, 3.05) is 18.0 Å². The van der Waals surface area contributed by atoms with Crippen LogP contribution in [-0.2, 0) is 6.54 Å². The Morgan fingerprint density at radius 1 is 1.10 bits per heavy atom.